The molecule has 1 amide bonds. The average Bonchev–Trinajstić information content (AvgIpc) is 2.79. The number of benzene rings is 1. The number of thioether (sulfide) groups is 1. The Balaban J connectivity index is 2.27. The Bertz CT molecular complexity index is 672. The summed E-state index contributed by atoms with van der Waals surface area (Å²) in [6, 6.07) is 8.06. The highest BCUT2D eigenvalue weighted by Crippen LogP contribution is 2.27. The van der Waals surface area contributed by atoms with Crippen LogP contribution in [0.5, 0.6) is 0 Å². The first kappa shape index (κ1) is 16.4. The van der Waals surface area contributed by atoms with Crippen molar-refractivity contribution in [1.29, 1.82) is 0 Å². The van der Waals surface area contributed by atoms with Crippen molar-refractivity contribution < 1.29 is 4.79 Å². The minimum absolute atomic E-state index is 0.0901. The van der Waals surface area contributed by atoms with Gasteiger partial charge in [-0.2, -0.15) is 0 Å². The molecule has 118 valence electrons. The van der Waals surface area contributed by atoms with E-state index in [-0.39, 0.29) is 5.41 Å². The number of aromatic nitrogens is 3. The number of nitrogens with zero attached hydrogens (tertiary/aromatic N) is 3. The van der Waals surface area contributed by atoms with Gasteiger partial charge < -0.3 is 11.6 Å². The smallest absolute Gasteiger partial charge is 0.230 e. The summed E-state index contributed by atoms with van der Waals surface area (Å²) >= 11 is 1.19. The maximum atomic E-state index is 11.1. The molecule has 0 spiro atoms. The summed E-state index contributed by atoms with van der Waals surface area (Å²) < 4.78 is 1.39. The van der Waals surface area contributed by atoms with E-state index in [9.17, 15) is 4.79 Å². The fraction of sp³-hybridized carbons (Fsp3) is 0.400. The molecule has 4 N–H and O–H groups in total. The molecule has 0 aliphatic rings. The highest BCUT2D eigenvalue weighted by molar-refractivity contribution is 8.00. The van der Waals surface area contributed by atoms with Crippen LogP contribution >= 0.6 is 11.8 Å². The van der Waals surface area contributed by atoms with Gasteiger partial charge in [0.05, 0.1) is 5.25 Å². The Morgan fingerprint density at radius 3 is 2.32 bits per heavy atom. The van der Waals surface area contributed by atoms with Gasteiger partial charge >= 0.3 is 0 Å². The molecule has 0 saturated carbocycles. The van der Waals surface area contributed by atoms with Gasteiger partial charge in [0.1, 0.15) is 0 Å². The molecule has 1 aromatic carbocycles. The number of carbonyl (C=O) groups is 1. The number of hydrogen-bond donors (Lipinski definition) is 2. The minimum Gasteiger partial charge on any atom is -0.369 e. The summed E-state index contributed by atoms with van der Waals surface area (Å²) in [5, 5.41) is 8.18. The summed E-state index contributed by atoms with van der Waals surface area (Å²) in [6.45, 7) is 8.19. The van der Waals surface area contributed by atoms with E-state index in [4.69, 9.17) is 11.6 Å². The number of amides is 1. The first-order valence-corrected chi connectivity index (χ1v) is 7.85. The van der Waals surface area contributed by atoms with Gasteiger partial charge in [0.25, 0.3) is 0 Å². The van der Waals surface area contributed by atoms with E-state index in [0.717, 1.165) is 5.56 Å². The van der Waals surface area contributed by atoms with Crippen LogP contribution in [0.15, 0.2) is 29.4 Å². The molecule has 2 rings (SSSR count). The first-order valence-electron chi connectivity index (χ1n) is 6.97. The quantitative estimate of drug-likeness (QED) is 0.662. The Hall–Kier alpha value is -2.02. The Kier molecular flexibility index (Phi) is 4.46. The largest absolute Gasteiger partial charge is 0.369 e. The lowest BCUT2D eigenvalue weighted by molar-refractivity contribution is -0.117. The normalized spacial score (nSPS) is 13.1. The number of nitrogens with two attached hydrogens (primary N) is 2. The van der Waals surface area contributed by atoms with Gasteiger partial charge in [0.2, 0.25) is 11.1 Å². The van der Waals surface area contributed by atoms with Crippen LogP contribution in [0, 0.1) is 0 Å². The average molecular weight is 319 g/mol. The van der Waals surface area contributed by atoms with Crippen molar-refractivity contribution in [2.24, 2.45) is 5.73 Å². The number of carbonyl (C=O) groups excluding carboxylic acids is 1. The molecule has 0 aliphatic carbocycles. The van der Waals surface area contributed by atoms with Crippen LogP contribution < -0.4 is 11.6 Å². The maximum absolute atomic E-state index is 11.1. The molecule has 0 fully saturated rings. The lowest BCUT2D eigenvalue weighted by atomic mass is 9.87. The van der Waals surface area contributed by atoms with Crippen LogP contribution in [0.2, 0.25) is 0 Å². The van der Waals surface area contributed by atoms with Gasteiger partial charge in [-0.1, -0.05) is 56.8 Å². The zero-order valence-corrected chi connectivity index (χ0v) is 14.0. The highest BCUT2D eigenvalue weighted by Gasteiger charge is 2.19. The molecule has 0 radical (unpaired) electrons. The standard InChI is InChI=1S/C15H21N5OS/c1-9(12(16)21)22-14-19-18-13(20(14)17)10-5-7-11(8-6-10)15(2,3)4/h5-9H,17H2,1-4H3,(H2,16,21)/t9-/m1/s1. The van der Waals surface area contributed by atoms with Crippen molar-refractivity contribution in [1.82, 2.24) is 14.9 Å². The summed E-state index contributed by atoms with van der Waals surface area (Å²) in [6.07, 6.45) is 0. The van der Waals surface area contributed by atoms with Crippen LogP contribution in [-0.4, -0.2) is 26.0 Å². The van der Waals surface area contributed by atoms with E-state index in [2.05, 4.69) is 43.1 Å². The third kappa shape index (κ3) is 3.41. The van der Waals surface area contributed by atoms with Crippen molar-refractivity contribution in [3.8, 4) is 11.4 Å². The van der Waals surface area contributed by atoms with Crippen molar-refractivity contribution in [3.63, 3.8) is 0 Å². The molecular weight excluding hydrogens is 298 g/mol. The summed E-state index contributed by atoms with van der Waals surface area (Å²) in [7, 11) is 0. The molecule has 0 aliphatic heterocycles. The summed E-state index contributed by atoms with van der Waals surface area (Å²) in [4.78, 5) is 11.1. The fourth-order valence-electron chi connectivity index (χ4n) is 1.89. The molecule has 0 saturated heterocycles. The van der Waals surface area contributed by atoms with Crippen molar-refractivity contribution in [2.75, 3.05) is 5.84 Å². The molecule has 0 unspecified atom stereocenters. The van der Waals surface area contributed by atoms with Crippen LogP contribution in [0.3, 0.4) is 0 Å². The highest BCUT2D eigenvalue weighted by atomic mass is 32.2. The third-order valence-corrected chi connectivity index (χ3v) is 4.43. The lowest BCUT2D eigenvalue weighted by Crippen LogP contribution is -2.23. The fourth-order valence-corrected chi connectivity index (χ4v) is 2.61. The van der Waals surface area contributed by atoms with E-state index in [0.29, 0.717) is 11.0 Å². The van der Waals surface area contributed by atoms with Crippen molar-refractivity contribution in [2.45, 2.75) is 43.5 Å². The van der Waals surface area contributed by atoms with Crippen LogP contribution in [0.1, 0.15) is 33.3 Å². The summed E-state index contributed by atoms with van der Waals surface area (Å²) in [5.74, 6) is 6.17. The molecule has 1 aromatic heterocycles. The minimum atomic E-state index is -0.414. The monoisotopic (exact) mass is 319 g/mol. The van der Waals surface area contributed by atoms with Gasteiger partial charge in [0, 0.05) is 5.56 Å². The van der Waals surface area contributed by atoms with Gasteiger partial charge in [-0.15, -0.1) is 10.2 Å². The Morgan fingerprint density at radius 2 is 1.82 bits per heavy atom. The predicted octanol–water partition coefficient (Wildman–Crippen LogP) is 1.92. The maximum Gasteiger partial charge on any atom is 0.230 e. The molecule has 6 nitrogen and oxygen atoms in total. The van der Waals surface area contributed by atoms with Gasteiger partial charge in [0.15, 0.2) is 5.82 Å². The lowest BCUT2D eigenvalue weighted by Gasteiger charge is -2.19. The van der Waals surface area contributed by atoms with E-state index in [1.807, 2.05) is 12.1 Å². The first-order chi connectivity index (χ1) is 10.2. The summed E-state index contributed by atoms with van der Waals surface area (Å²) in [5.41, 5.74) is 7.45. The number of rotatable bonds is 4. The Labute approximate surface area is 134 Å². The van der Waals surface area contributed by atoms with E-state index in [1.165, 1.54) is 22.0 Å². The van der Waals surface area contributed by atoms with Gasteiger partial charge in [-0.3, -0.25) is 4.79 Å². The van der Waals surface area contributed by atoms with E-state index >= 15 is 0 Å². The topological polar surface area (TPSA) is 99.8 Å². The van der Waals surface area contributed by atoms with Gasteiger partial charge in [-0.25, -0.2) is 4.68 Å². The van der Waals surface area contributed by atoms with Crippen LogP contribution in [0.4, 0.5) is 0 Å². The SMILES string of the molecule is C[C@@H](Sc1nnc(-c2ccc(C(C)(C)C)cc2)n1N)C(N)=O. The molecule has 22 heavy (non-hydrogen) atoms. The second-order valence-electron chi connectivity index (χ2n) is 6.17. The molecule has 2 aromatic rings. The van der Waals surface area contributed by atoms with Crippen molar-refractivity contribution in [3.05, 3.63) is 29.8 Å². The van der Waals surface area contributed by atoms with Crippen LogP contribution in [0.25, 0.3) is 11.4 Å². The predicted molar refractivity (Wildman–Crippen MR) is 88.8 cm³/mol. The second kappa shape index (κ2) is 6.00. The number of hydrogen-bond acceptors (Lipinski definition) is 5. The molecular formula is C15H21N5OS. The zero-order valence-electron chi connectivity index (χ0n) is 13.2. The van der Waals surface area contributed by atoms with Crippen molar-refractivity contribution >= 4 is 17.7 Å². The molecule has 1 atom stereocenters. The Morgan fingerprint density at radius 1 is 1.23 bits per heavy atom. The molecule has 1 heterocycles. The van der Waals surface area contributed by atoms with E-state index in [1.54, 1.807) is 6.92 Å². The van der Waals surface area contributed by atoms with Crippen LogP contribution in [-0.2, 0) is 10.2 Å². The molecule has 7 heteroatoms. The van der Waals surface area contributed by atoms with Gasteiger partial charge in [-0.05, 0) is 17.9 Å². The number of primary amides is 1. The third-order valence-electron chi connectivity index (χ3n) is 3.36. The zero-order chi connectivity index (χ0) is 16.5. The molecule has 0 bridgehead atoms. The second-order valence-corrected chi connectivity index (χ2v) is 7.47. The number of nitrogen functional groups attached to an aromatic ring is 1. The van der Waals surface area contributed by atoms with E-state index < -0.39 is 11.2 Å².